The molecule has 5 unspecified atom stereocenters. The fraction of sp³-hybridized carbons (Fsp3) is 0.867. The van der Waals surface area contributed by atoms with Crippen molar-refractivity contribution in [2.75, 3.05) is 13.2 Å². The molecule has 0 spiro atoms. The van der Waals surface area contributed by atoms with Gasteiger partial charge in [0.15, 0.2) is 0 Å². The second-order valence-electron chi connectivity index (χ2n) is 6.65. The minimum Gasteiger partial charge on any atom is -0.463 e. The molecule has 0 aromatic carbocycles. The summed E-state index contributed by atoms with van der Waals surface area (Å²) in [7, 11) is 0. The molecule has 0 aromatic heterocycles. The smallest absolute Gasteiger partial charge is 0.310 e. The molecule has 112 valence electrons. The normalized spacial score (nSPS) is 43.4. The van der Waals surface area contributed by atoms with Crippen LogP contribution in [0.2, 0.25) is 0 Å². The van der Waals surface area contributed by atoms with Crippen molar-refractivity contribution in [1.82, 2.24) is 0 Å². The van der Waals surface area contributed by atoms with Crippen molar-refractivity contribution in [3.8, 4) is 0 Å². The van der Waals surface area contributed by atoms with Crippen molar-refractivity contribution in [3.63, 3.8) is 0 Å². The van der Waals surface area contributed by atoms with Crippen molar-refractivity contribution in [2.24, 2.45) is 17.8 Å². The van der Waals surface area contributed by atoms with Gasteiger partial charge in [0.05, 0.1) is 17.9 Å². The number of carbonyl (C=O) groups excluding carboxylic acids is 2. The number of hydrogen-bond acceptors (Lipinski definition) is 5. The molecule has 3 fully saturated rings. The second kappa shape index (κ2) is 5.02. The van der Waals surface area contributed by atoms with Gasteiger partial charge in [0.2, 0.25) is 0 Å². The Morgan fingerprint density at radius 1 is 1.45 bits per heavy atom. The lowest BCUT2D eigenvalue weighted by molar-refractivity contribution is -0.159. The van der Waals surface area contributed by atoms with Gasteiger partial charge in [-0.2, -0.15) is 0 Å². The molecule has 0 N–H and O–H groups in total. The fourth-order valence-electron chi connectivity index (χ4n) is 3.96. The third kappa shape index (κ3) is 2.43. The largest absolute Gasteiger partial charge is 0.463 e. The topological polar surface area (TPSA) is 61.8 Å². The molecule has 2 bridgehead atoms. The number of carbonyl (C=O) groups is 2. The monoisotopic (exact) mass is 282 g/mol. The van der Waals surface area contributed by atoms with E-state index in [2.05, 4.69) is 0 Å². The molecule has 0 radical (unpaired) electrons. The van der Waals surface area contributed by atoms with Crippen molar-refractivity contribution in [1.29, 1.82) is 0 Å². The Balaban J connectivity index is 1.63. The maximum Gasteiger partial charge on any atom is 0.310 e. The Kier molecular flexibility index (Phi) is 3.48. The third-order valence-corrected chi connectivity index (χ3v) is 4.81. The summed E-state index contributed by atoms with van der Waals surface area (Å²) in [6.45, 7) is 5.01. The summed E-state index contributed by atoms with van der Waals surface area (Å²) >= 11 is 0. The molecule has 3 rings (SSSR count). The fourth-order valence-corrected chi connectivity index (χ4v) is 3.96. The summed E-state index contributed by atoms with van der Waals surface area (Å²) < 4.78 is 16.3. The van der Waals surface area contributed by atoms with Gasteiger partial charge < -0.3 is 14.2 Å². The first-order chi connectivity index (χ1) is 9.48. The summed E-state index contributed by atoms with van der Waals surface area (Å²) in [5.74, 6) is -1.09. The van der Waals surface area contributed by atoms with Crippen LogP contribution in [0.5, 0.6) is 0 Å². The first-order valence-electron chi connectivity index (χ1n) is 7.50. The van der Waals surface area contributed by atoms with Gasteiger partial charge in [-0.25, -0.2) is 0 Å². The van der Waals surface area contributed by atoms with Crippen molar-refractivity contribution >= 4 is 11.9 Å². The summed E-state index contributed by atoms with van der Waals surface area (Å²) in [6, 6.07) is 0. The van der Waals surface area contributed by atoms with Crippen molar-refractivity contribution in [3.05, 3.63) is 0 Å². The number of hydrogen-bond donors (Lipinski definition) is 0. The van der Waals surface area contributed by atoms with Crippen LogP contribution in [0.3, 0.4) is 0 Å². The van der Waals surface area contributed by atoms with Crippen LogP contribution in [0.4, 0.5) is 0 Å². The lowest BCUT2D eigenvalue weighted by atomic mass is 9.69. The molecule has 2 saturated heterocycles. The summed E-state index contributed by atoms with van der Waals surface area (Å²) in [5, 5.41) is 0. The molecule has 0 amide bonds. The van der Waals surface area contributed by atoms with Crippen LogP contribution in [-0.4, -0.2) is 36.9 Å². The van der Waals surface area contributed by atoms with Crippen molar-refractivity contribution < 1.29 is 23.8 Å². The standard InChI is InChI=1S/C15H22O5/c1-9-6-15(2)7-11(13(16)20-15)12(9)14(17)19-8-10-4-3-5-18-10/h9-12H,3-8H2,1-2H3. The van der Waals surface area contributed by atoms with Gasteiger partial charge in [-0.3, -0.25) is 9.59 Å². The molecule has 3 aliphatic rings. The van der Waals surface area contributed by atoms with Crippen LogP contribution < -0.4 is 0 Å². The van der Waals surface area contributed by atoms with Gasteiger partial charge in [0, 0.05) is 13.0 Å². The molecule has 1 aliphatic carbocycles. The number of esters is 2. The van der Waals surface area contributed by atoms with Gasteiger partial charge in [-0.1, -0.05) is 6.92 Å². The molecule has 2 aliphatic heterocycles. The van der Waals surface area contributed by atoms with E-state index in [9.17, 15) is 9.59 Å². The zero-order valence-corrected chi connectivity index (χ0v) is 12.1. The zero-order valence-electron chi connectivity index (χ0n) is 12.1. The first kappa shape index (κ1) is 13.9. The Bertz CT molecular complexity index is 414. The lowest BCUT2D eigenvalue weighted by Crippen LogP contribution is -2.41. The molecule has 20 heavy (non-hydrogen) atoms. The van der Waals surface area contributed by atoms with E-state index in [0.717, 1.165) is 25.9 Å². The van der Waals surface area contributed by atoms with Gasteiger partial charge in [0.25, 0.3) is 0 Å². The van der Waals surface area contributed by atoms with Gasteiger partial charge >= 0.3 is 11.9 Å². The highest BCUT2D eigenvalue weighted by Gasteiger charge is 2.56. The maximum atomic E-state index is 12.3. The first-order valence-corrected chi connectivity index (χ1v) is 7.50. The third-order valence-electron chi connectivity index (χ3n) is 4.81. The van der Waals surface area contributed by atoms with Crippen molar-refractivity contribution in [2.45, 2.75) is 51.2 Å². The number of fused-ring (bicyclic) bond motifs is 2. The van der Waals surface area contributed by atoms with Crippen LogP contribution in [0, 0.1) is 17.8 Å². The maximum absolute atomic E-state index is 12.3. The Morgan fingerprint density at radius 2 is 2.25 bits per heavy atom. The number of ether oxygens (including phenoxy) is 3. The number of rotatable bonds is 3. The summed E-state index contributed by atoms with van der Waals surface area (Å²) in [6.07, 6.45) is 3.36. The molecular formula is C15H22O5. The lowest BCUT2D eigenvalue weighted by Gasteiger charge is -2.34. The van der Waals surface area contributed by atoms with Gasteiger partial charge in [-0.05, 0) is 32.1 Å². The van der Waals surface area contributed by atoms with E-state index >= 15 is 0 Å². The Labute approximate surface area is 118 Å². The molecule has 1 saturated carbocycles. The van der Waals surface area contributed by atoms with Crippen LogP contribution in [-0.2, 0) is 23.8 Å². The van der Waals surface area contributed by atoms with Crippen LogP contribution in [0.25, 0.3) is 0 Å². The summed E-state index contributed by atoms with van der Waals surface area (Å²) in [4.78, 5) is 24.2. The van der Waals surface area contributed by atoms with E-state index < -0.39 is 0 Å². The highest BCUT2D eigenvalue weighted by atomic mass is 16.6. The van der Waals surface area contributed by atoms with E-state index in [0.29, 0.717) is 13.0 Å². The average molecular weight is 282 g/mol. The highest BCUT2D eigenvalue weighted by molar-refractivity contribution is 5.84. The molecular weight excluding hydrogens is 260 g/mol. The quantitative estimate of drug-likeness (QED) is 0.737. The van der Waals surface area contributed by atoms with Crippen LogP contribution >= 0.6 is 0 Å². The summed E-state index contributed by atoms with van der Waals surface area (Å²) in [5.41, 5.74) is -0.382. The predicted molar refractivity (Wildman–Crippen MR) is 69.8 cm³/mol. The SMILES string of the molecule is CC1CC2(C)CC(C(=O)O2)C1C(=O)OCC1CCCO1. The van der Waals surface area contributed by atoms with E-state index in [1.54, 1.807) is 0 Å². The average Bonchev–Trinajstić information content (AvgIpc) is 2.94. The molecule has 0 aromatic rings. The predicted octanol–water partition coefficient (Wildman–Crippen LogP) is 1.69. The second-order valence-corrected chi connectivity index (χ2v) is 6.65. The molecule has 2 heterocycles. The van der Waals surface area contributed by atoms with Gasteiger partial charge in [0.1, 0.15) is 12.2 Å². The van der Waals surface area contributed by atoms with Crippen LogP contribution in [0.15, 0.2) is 0 Å². The Hall–Kier alpha value is -1.10. The Morgan fingerprint density at radius 3 is 2.95 bits per heavy atom. The van der Waals surface area contributed by atoms with E-state index in [4.69, 9.17) is 14.2 Å². The highest BCUT2D eigenvalue weighted by Crippen LogP contribution is 2.48. The minimum atomic E-state index is -0.382. The van der Waals surface area contributed by atoms with Crippen LogP contribution in [0.1, 0.15) is 39.5 Å². The van der Waals surface area contributed by atoms with E-state index in [1.807, 2.05) is 13.8 Å². The molecule has 5 heteroatoms. The van der Waals surface area contributed by atoms with E-state index in [-0.39, 0.29) is 41.4 Å². The zero-order chi connectivity index (χ0) is 14.3. The van der Waals surface area contributed by atoms with Gasteiger partial charge in [-0.15, -0.1) is 0 Å². The molecule has 5 atom stereocenters. The molecule has 5 nitrogen and oxygen atoms in total. The minimum absolute atomic E-state index is 0.0265. The van der Waals surface area contributed by atoms with E-state index in [1.165, 1.54) is 0 Å².